The predicted molar refractivity (Wildman–Crippen MR) is 70.4 cm³/mol. The number of rotatable bonds is 3. The molecule has 0 saturated carbocycles. The summed E-state index contributed by atoms with van der Waals surface area (Å²) >= 11 is 12.0. The number of hydrogen-bond acceptors (Lipinski definition) is 2. The lowest BCUT2D eigenvalue weighted by Gasteiger charge is -2.14. The Kier molecular flexibility index (Phi) is 3.72. The van der Waals surface area contributed by atoms with Crippen molar-refractivity contribution in [1.29, 1.82) is 0 Å². The molecule has 5 heteroatoms. The van der Waals surface area contributed by atoms with Crippen LogP contribution in [0.5, 0.6) is 0 Å². The number of nitrogens with zero attached hydrogens (tertiary/aromatic N) is 2. The third kappa shape index (κ3) is 2.46. The van der Waals surface area contributed by atoms with E-state index in [1.54, 1.807) is 6.20 Å². The maximum atomic E-state index is 6.20. The normalized spacial score (nSPS) is 12.7. The first-order chi connectivity index (χ1) is 8.13. The second-order valence-electron chi connectivity index (χ2n) is 3.72. The van der Waals surface area contributed by atoms with E-state index in [2.05, 4.69) is 5.10 Å². The zero-order valence-corrected chi connectivity index (χ0v) is 10.9. The number of hydrogen-bond donors (Lipinski definition) is 1. The molecule has 1 unspecified atom stereocenters. The fourth-order valence-corrected chi connectivity index (χ4v) is 2.15. The van der Waals surface area contributed by atoms with E-state index in [-0.39, 0.29) is 6.04 Å². The molecule has 0 saturated heterocycles. The van der Waals surface area contributed by atoms with E-state index in [0.717, 1.165) is 17.8 Å². The maximum Gasteiger partial charge on any atom is 0.0837 e. The Bertz CT molecular complexity index is 505. The van der Waals surface area contributed by atoms with E-state index in [4.69, 9.17) is 28.9 Å². The lowest BCUT2D eigenvalue weighted by molar-refractivity contribution is 0.601. The van der Waals surface area contributed by atoms with Crippen LogP contribution in [-0.2, 0) is 6.54 Å². The van der Waals surface area contributed by atoms with E-state index >= 15 is 0 Å². The van der Waals surface area contributed by atoms with Gasteiger partial charge in [0.05, 0.1) is 23.0 Å². The molecule has 90 valence electrons. The summed E-state index contributed by atoms with van der Waals surface area (Å²) in [4.78, 5) is 0. The predicted octanol–water partition coefficient (Wildman–Crippen LogP) is 3.26. The zero-order chi connectivity index (χ0) is 12.4. The van der Waals surface area contributed by atoms with Crippen LogP contribution in [0.25, 0.3) is 0 Å². The number of aromatic nitrogens is 2. The lowest BCUT2D eigenvalue weighted by Crippen LogP contribution is -2.17. The number of aryl methyl sites for hydroxylation is 1. The molecule has 1 atom stereocenters. The molecule has 0 spiro atoms. The first kappa shape index (κ1) is 12.4. The molecule has 0 aliphatic heterocycles. The first-order valence-corrected chi connectivity index (χ1v) is 6.11. The topological polar surface area (TPSA) is 43.8 Å². The van der Waals surface area contributed by atoms with Crippen LogP contribution in [0.3, 0.4) is 0 Å². The first-order valence-electron chi connectivity index (χ1n) is 5.35. The fraction of sp³-hybridized carbons (Fsp3) is 0.250. The summed E-state index contributed by atoms with van der Waals surface area (Å²) in [6, 6.07) is 7.14. The van der Waals surface area contributed by atoms with Crippen LogP contribution in [-0.4, -0.2) is 9.78 Å². The lowest BCUT2D eigenvalue weighted by atomic mass is 10.0. The summed E-state index contributed by atoms with van der Waals surface area (Å²) in [5.74, 6) is 0. The summed E-state index contributed by atoms with van der Waals surface area (Å²) in [5, 5.41) is 5.46. The molecule has 0 amide bonds. The van der Waals surface area contributed by atoms with Crippen molar-refractivity contribution in [3.8, 4) is 0 Å². The number of halogens is 2. The van der Waals surface area contributed by atoms with E-state index < -0.39 is 0 Å². The minimum Gasteiger partial charge on any atom is -0.319 e. The fourth-order valence-electron chi connectivity index (χ4n) is 1.76. The van der Waals surface area contributed by atoms with Crippen molar-refractivity contribution in [2.75, 3.05) is 0 Å². The van der Waals surface area contributed by atoms with Crippen LogP contribution in [0.1, 0.15) is 24.2 Å². The second-order valence-corrected chi connectivity index (χ2v) is 4.57. The third-order valence-electron chi connectivity index (χ3n) is 2.66. The van der Waals surface area contributed by atoms with Crippen LogP contribution >= 0.6 is 23.2 Å². The van der Waals surface area contributed by atoms with Crippen molar-refractivity contribution >= 4 is 23.2 Å². The highest BCUT2D eigenvalue weighted by Crippen LogP contribution is 2.27. The molecule has 17 heavy (non-hydrogen) atoms. The van der Waals surface area contributed by atoms with Crippen LogP contribution in [0.15, 0.2) is 30.5 Å². The Morgan fingerprint density at radius 2 is 1.94 bits per heavy atom. The number of nitrogens with two attached hydrogens (primary N) is 1. The molecule has 0 aliphatic carbocycles. The van der Waals surface area contributed by atoms with Crippen LogP contribution < -0.4 is 5.73 Å². The van der Waals surface area contributed by atoms with Gasteiger partial charge in [0, 0.05) is 11.6 Å². The van der Waals surface area contributed by atoms with E-state index in [1.807, 2.05) is 35.9 Å². The van der Waals surface area contributed by atoms with Crippen molar-refractivity contribution < 1.29 is 0 Å². The zero-order valence-electron chi connectivity index (χ0n) is 9.40. The monoisotopic (exact) mass is 269 g/mol. The van der Waals surface area contributed by atoms with Gasteiger partial charge in [-0.3, -0.25) is 4.68 Å². The van der Waals surface area contributed by atoms with Gasteiger partial charge in [0.15, 0.2) is 0 Å². The van der Waals surface area contributed by atoms with Gasteiger partial charge in [-0.05, 0) is 24.6 Å². The Balaban J connectivity index is 2.39. The van der Waals surface area contributed by atoms with Gasteiger partial charge in [-0.1, -0.05) is 35.3 Å². The highest BCUT2D eigenvalue weighted by Gasteiger charge is 2.17. The van der Waals surface area contributed by atoms with Gasteiger partial charge in [-0.2, -0.15) is 5.10 Å². The highest BCUT2D eigenvalue weighted by atomic mass is 35.5. The summed E-state index contributed by atoms with van der Waals surface area (Å²) in [5.41, 5.74) is 7.99. The van der Waals surface area contributed by atoms with Gasteiger partial charge in [0.1, 0.15) is 0 Å². The SMILES string of the molecule is CCn1ncc(Cl)c1C(N)c1ccc(Cl)cc1. The van der Waals surface area contributed by atoms with E-state index in [9.17, 15) is 0 Å². The Labute approximate surface area is 110 Å². The van der Waals surface area contributed by atoms with Gasteiger partial charge < -0.3 is 5.73 Å². The molecule has 0 radical (unpaired) electrons. The van der Waals surface area contributed by atoms with Gasteiger partial charge in [-0.15, -0.1) is 0 Å². The van der Waals surface area contributed by atoms with Crippen LogP contribution in [0, 0.1) is 0 Å². The van der Waals surface area contributed by atoms with Gasteiger partial charge in [0.2, 0.25) is 0 Å². The average Bonchev–Trinajstić information content (AvgIpc) is 2.70. The molecule has 0 aliphatic rings. The molecule has 2 aromatic rings. The summed E-state index contributed by atoms with van der Waals surface area (Å²) < 4.78 is 1.81. The minimum atomic E-state index is -0.290. The van der Waals surface area contributed by atoms with E-state index in [1.165, 1.54) is 0 Å². The third-order valence-corrected chi connectivity index (χ3v) is 3.20. The Morgan fingerprint density at radius 3 is 2.53 bits per heavy atom. The van der Waals surface area contributed by atoms with Crippen molar-refractivity contribution in [2.45, 2.75) is 19.5 Å². The van der Waals surface area contributed by atoms with Gasteiger partial charge >= 0.3 is 0 Å². The molecule has 1 aromatic carbocycles. The summed E-state index contributed by atoms with van der Waals surface area (Å²) in [6.07, 6.45) is 1.62. The minimum absolute atomic E-state index is 0.290. The molecule has 1 heterocycles. The molecule has 2 N–H and O–H groups in total. The molecule has 3 nitrogen and oxygen atoms in total. The van der Waals surface area contributed by atoms with Crippen molar-refractivity contribution in [2.24, 2.45) is 5.73 Å². The van der Waals surface area contributed by atoms with Crippen molar-refractivity contribution in [1.82, 2.24) is 9.78 Å². The maximum absolute atomic E-state index is 6.20. The van der Waals surface area contributed by atoms with Crippen LogP contribution in [0.2, 0.25) is 10.0 Å². The summed E-state index contributed by atoms with van der Waals surface area (Å²) in [6.45, 7) is 2.74. The molecular weight excluding hydrogens is 257 g/mol. The Hall–Kier alpha value is -1.03. The highest BCUT2D eigenvalue weighted by molar-refractivity contribution is 6.31. The molecule has 2 rings (SSSR count). The van der Waals surface area contributed by atoms with Crippen molar-refractivity contribution in [3.05, 3.63) is 51.8 Å². The largest absolute Gasteiger partial charge is 0.319 e. The number of benzene rings is 1. The summed E-state index contributed by atoms with van der Waals surface area (Å²) in [7, 11) is 0. The molecule has 0 fully saturated rings. The van der Waals surface area contributed by atoms with Gasteiger partial charge in [0.25, 0.3) is 0 Å². The quantitative estimate of drug-likeness (QED) is 0.930. The van der Waals surface area contributed by atoms with Crippen molar-refractivity contribution in [3.63, 3.8) is 0 Å². The smallest absolute Gasteiger partial charge is 0.0837 e. The molecular formula is C12H13Cl2N3. The molecule has 1 aromatic heterocycles. The second kappa shape index (κ2) is 5.08. The standard InChI is InChI=1S/C12H13Cl2N3/c1-2-17-12(10(14)7-16-17)11(15)8-3-5-9(13)6-4-8/h3-7,11H,2,15H2,1H3. The molecule has 0 bridgehead atoms. The Morgan fingerprint density at radius 1 is 1.29 bits per heavy atom. The average molecular weight is 270 g/mol. The van der Waals surface area contributed by atoms with E-state index in [0.29, 0.717) is 10.0 Å². The van der Waals surface area contributed by atoms with Gasteiger partial charge in [-0.25, -0.2) is 0 Å². The van der Waals surface area contributed by atoms with Crippen LogP contribution in [0.4, 0.5) is 0 Å².